The maximum atomic E-state index is 11.0. The van der Waals surface area contributed by atoms with E-state index < -0.39 is 13.0 Å². The van der Waals surface area contributed by atoms with Crippen molar-refractivity contribution in [1.82, 2.24) is 5.43 Å². The van der Waals surface area contributed by atoms with Gasteiger partial charge in [0.2, 0.25) is 0 Å². The molecule has 0 aliphatic rings. The zero-order valence-corrected chi connectivity index (χ0v) is 7.99. The number of rotatable bonds is 2. The first-order valence-electron chi connectivity index (χ1n) is 3.62. The highest BCUT2D eigenvalue weighted by molar-refractivity contribution is 6.58. The summed E-state index contributed by atoms with van der Waals surface area (Å²) in [4.78, 5) is 11.0. The largest absolute Gasteiger partial charge is 0.488 e. The van der Waals surface area contributed by atoms with Crippen LogP contribution in [-0.4, -0.2) is 23.1 Å². The highest BCUT2D eigenvalue weighted by Crippen LogP contribution is 1.95. The van der Waals surface area contributed by atoms with Gasteiger partial charge in [0.25, 0.3) is 5.91 Å². The maximum Gasteiger partial charge on any atom is 0.488 e. The van der Waals surface area contributed by atoms with Crippen molar-refractivity contribution in [1.29, 1.82) is 0 Å². The number of nitrogen functional groups attached to an aromatic ring is 1. The maximum absolute atomic E-state index is 11.0. The predicted molar refractivity (Wildman–Crippen MR) is 55.2 cm³/mol. The number of carbonyl (C=O) groups is 1. The summed E-state index contributed by atoms with van der Waals surface area (Å²) >= 11 is 0. The van der Waals surface area contributed by atoms with Gasteiger partial charge in [-0.25, -0.2) is 5.84 Å². The molecule has 5 N–H and O–H groups in total. The van der Waals surface area contributed by atoms with E-state index in [0.29, 0.717) is 0 Å². The molecule has 76 valence electrons. The normalized spacial score (nSPS) is 8.79. The second-order valence-electron chi connectivity index (χ2n) is 2.47. The van der Waals surface area contributed by atoms with E-state index in [1.165, 1.54) is 18.2 Å². The van der Waals surface area contributed by atoms with E-state index in [-0.39, 0.29) is 23.4 Å². The third-order valence-electron chi connectivity index (χ3n) is 1.58. The Labute approximate surface area is 87.5 Å². The van der Waals surface area contributed by atoms with Crippen molar-refractivity contribution in [3.8, 4) is 0 Å². The lowest BCUT2D eigenvalue weighted by Gasteiger charge is -2.02. The van der Waals surface area contributed by atoms with Crippen molar-refractivity contribution in [2.45, 2.75) is 0 Å². The van der Waals surface area contributed by atoms with Gasteiger partial charge in [-0.2, -0.15) is 0 Å². The van der Waals surface area contributed by atoms with Crippen molar-refractivity contribution in [2.75, 3.05) is 0 Å². The molecule has 5 nitrogen and oxygen atoms in total. The number of hydrazine groups is 1. The molecule has 1 aromatic rings. The average Bonchev–Trinajstić information content (AvgIpc) is 2.17. The average molecular weight is 216 g/mol. The standard InChI is InChI=1S/C7H9BN2O3.ClH/c9-10-7(11)5-2-1-3-6(4-5)8(12)13;/h1-4,12-13H,9H2,(H,10,11);1H. The van der Waals surface area contributed by atoms with Crippen LogP contribution in [0.4, 0.5) is 0 Å². The molecule has 1 rings (SSSR count). The Morgan fingerprint density at radius 2 is 2.07 bits per heavy atom. The first-order valence-corrected chi connectivity index (χ1v) is 3.62. The van der Waals surface area contributed by atoms with Crippen LogP contribution in [0, 0.1) is 0 Å². The summed E-state index contributed by atoms with van der Waals surface area (Å²) in [6, 6.07) is 5.91. The number of nitrogens with two attached hydrogens (primary N) is 1. The third-order valence-corrected chi connectivity index (χ3v) is 1.58. The van der Waals surface area contributed by atoms with E-state index in [4.69, 9.17) is 15.9 Å². The molecule has 0 saturated carbocycles. The molecule has 0 spiro atoms. The number of hydrogen-bond donors (Lipinski definition) is 4. The summed E-state index contributed by atoms with van der Waals surface area (Å²) in [6.45, 7) is 0. The van der Waals surface area contributed by atoms with Crippen LogP contribution in [0.15, 0.2) is 24.3 Å². The summed E-state index contributed by atoms with van der Waals surface area (Å²) in [5, 5.41) is 17.6. The molecule has 0 radical (unpaired) electrons. The van der Waals surface area contributed by atoms with Gasteiger partial charge < -0.3 is 10.0 Å². The van der Waals surface area contributed by atoms with Crippen LogP contribution in [-0.2, 0) is 0 Å². The Balaban J connectivity index is 0.00000169. The van der Waals surface area contributed by atoms with Gasteiger partial charge in [-0.15, -0.1) is 12.4 Å². The molecule has 0 atom stereocenters. The molecule has 0 unspecified atom stereocenters. The minimum absolute atomic E-state index is 0. The smallest absolute Gasteiger partial charge is 0.423 e. The topological polar surface area (TPSA) is 95.6 Å². The molecule has 0 saturated heterocycles. The number of carbonyl (C=O) groups excluding carboxylic acids is 1. The molecule has 1 amide bonds. The van der Waals surface area contributed by atoms with Crippen LogP contribution in [0.25, 0.3) is 0 Å². The quantitative estimate of drug-likeness (QED) is 0.207. The summed E-state index contributed by atoms with van der Waals surface area (Å²) in [6.07, 6.45) is 0. The Bertz CT molecular complexity index is 322. The molecule has 14 heavy (non-hydrogen) atoms. The van der Waals surface area contributed by atoms with Gasteiger partial charge in [0.05, 0.1) is 0 Å². The number of amides is 1. The van der Waals surface area contributed by atoms with E-state index in [2.05, 4.69) is 0 Å². The molecule has 7 heteroatoms. The molecule has 0 aliphatic heterocycles. The molecule has 0 aromatic heterocycles. The second-order valence-corrected chi connectivity index (χ2v) is 2.47. The summed E-state index contributed by atoms with van der Waals surface area (Å²) < 4.78 is 0. The van der Waals surface area contributed by atoms with Gasteiger partial charge in [-0.05, 0) is 17.6 Å². The Morgan fingerprint density at radius 1 is 1.43 bits per heavy atom. The zero-order valence-electron chi connectivity index (χ0n) is 7.18. The fourth-order valence-electron chi connectivity index (χ4n) is 0.924. The van der Waals surface area contributed by atoms with E-state index in [9.17, 15) is 4.79 Å². The number of hydrogen-bond acceptors (Lipinski definition) is 4. The van der Waals surface area contributed by atoms with Crippen molar-refractivity contribution >= 4 is 30.9 Å². The predicted octanol–water partition coefficient (Wildman–Crippen LogP) is -1.61. The highest BCUT2D eigenvalue weighted by atomic mass is 35.5. The van der Waals surface area contributed by atoms with Crippen LogP contribution < -0.4 is 16.7 Å². The summed E-state index contributed by atoms with van der Waals surface area (Å²) in [5.41, 5.74) is 2.48. The van der Waals surface area contributed by atoms with Crippen LogP contribution in [0.2, 0.25) is 0 Å². The fourth-order valence-corrected chi connectivity index (χ4v) is 0.924. The van der Waals surface area contributed by atoms with Gasteiger partial charge in [-0.1, -0.05) is 12.1 Å². The van der Waals surface area contributed by atoms with Crippen molar-refractivity contribution in [2.24, 2.45) is 5.84 Å². The van der Waals surface area contributed by atoms with Gasteiger partial charge in [0.15, 0.2) is 0 Å². The molecule has 0 bridgehead atoms. The first kappa shape index (κ1) is 12.9. The van der Waals surface area contributed by atoms with Crippen molar-refractivity contribution < 1.29 is 14.8 Å². The first-order chi connectivity index (χ1) is 6.15. The molecule has 0 heterocycles. The SMILES string of the molecule is Cl.NNC(=O)c1cccc(B(O)O)c1. The van der Waals surface area contributed by atoms with E-state index in [0.717, 1.165) is 0 Å². The molecule has 0 fully saturated rings. The second kappa shape index (κ2) is 5.61. The number of nitrogens with one attached hydrogen (secondary N) is 1. The van der Waals surface area contributed by atoms with Crippen LogP contribution in [0.3, 0.4) is 0 Å². The third kappa shape index (κ3) is 3.00. The van der Waals surface area contributed by atoms with Crippen molar-refractivity contribution in [3.05, 3.63) is 29.8 Å². The van der Waals surface area contributed by atoms with E-state index >= 15 is 0 Å². The van der Waals surface area contributed by atoms with Crippen LogP contribution in [0.1, 0.15) is 10.4 Å². The van der Waals surface area contributed by atoms with Crippen LogP contribution >= 0.6 is 12.4 Å². The fraction of sp³-hybridized carbons (Fsp3) is 0. The monoisotopic (exact) mass is 216 g/mol. The summed E-state index contributed by atoms with van der Waals surface area (Å²) in [7, 11) is -1.58. The summed E-state index contributed by atoms with van der Waals surface area (Å²) in [5.74, 6) is 4.44. The Hall–Kier alpha value is -1.08. The van der Waals surface area contributed by atoms with Gasteiger partial charge in [-0.3, -0.25) is 10.2 Å². The zero-order chi connectivity index (χ0) is 9.84. The lowest BCUT2D eigenvalue weighted by atomic mass is 9.79. The Kier molecular flexibility index (Phi) is 5.18. The van der Waals surface area contributed by atoms with E-state index in [1.807, 2.05) is 5.43 Å². The number of benzene rings is 1. The highest BCUT2D eigenvalue weighted by Gasteiger charge is 2.12. The minimum Gasteiger partial charge on any atom is -0.423 e. The van der Waals surface area contributed by atoms with E-state index in [1.54, 1.807) is 6.07 Å². The number of halogens is 1. The molecule has 0 aliphatic carbocycles. The van der Waals surface area contributed by atoms with Gasteiger partial charge >= 0.3 is 7.12 Å². The van der Waals surface area contributed by atoms with Crippen LogP contribution in [0.5, 0.6) is 0 Å². The van der Waals surface area contributed by atoms with Gasteiger partial charge in [0.1, 0.15) is 0 Å². The van der Waals surface area contributed by atoms with Gasteiger partial charge in [0, 0.05) is 5.56 Å². The minimum atomic E-state index is -1.58. The lowest BCUT2D eigenvalue weighted by molar-refractivity contribution is 0.0953. The van der Waals surface area contributed by atoms with Crippen molar-refractivity contribution in [3.63, 3.8) is 0 Å². The molecular weight excluding hydrogens is 206 g/mol. The Morgan fingerprint density at radius 3 is 2.57 bits per heavy atom. The lowest BCUT2D eigenvalue weighted by Crippen LogP contribution is -2.33. The molecular formula is C7H10BClN2O3. The molecule has 1 aromatic carbocycles.